The first-order valence-corrected chi connectivity index (χ1v) is 9.49. The van der Waals surface area contributed by atoms with Crippen LogP contribution in [0.4, 0.5) is 0 Å². The summed E-state index contributed by atoms with van der Waals surface area (Å²) in [5.74, 6) is -3.49. The highest BCUT2D eigenvalue weighted by atomic mass is 16.5. The molecule has 1 aliphatic rings. The van der Waals surface area contributed by atoms with Crippen molar-refractivity contribution >= 4 is 34.3 Å². The highest BCUT2D eigenvalue weighted by molar-refractivity contribution is 6.27. The molecule has 1 atom stereocenters. The number of carbonyl (C=O) groups excluding carboxylic acids is 4. The van der Waals surface area contributed by atoms with Crippen molar-refractivity contribution in [3.8, 4) is 11.1 Å². The van der Waals surface area contributed by atoms with Crippen molar-refractivity contribution in [2.45, 2.75) is 6.92 Å². The van der Waals surface area contributed by atoms with Crippen molar-refractivity contribution in [2.75, 3.05) is 13.7 Å². The fourth-order valence-corrected chi connectivity index (χ4v) is 3.88. The number of benzene rings is 3. The van der Waals surface area contributed by atoms with Gasteiger partial charge in [0.05, 0.1) is 18.2 Å². The average molecular weight is 401 g/mol. The van der Waals surface area contributed by atoms with Gasteiger partial charge in [0, 0.05) is 12.1 Å². The molecule has 0 spiro atoms. The molecule has 30 heavy (non-hydrogen) atoms. The van der Waals surface area contributed by atoms with Crippen molar-refractivity contribution in [3.63, 3.8) is 0 Å². The zero-order chi connectivity index (χ0) is 21.4. The van der Waals surface area contributed by atoms with E-state index in [0.717, 1.165) is 21.2 Å². The number of hydrogen-bond donors (Lipinski definition) is 0. The van der Waals surface area contributed by atoms with Gasteiger partial charge in [-0.2, -0.15) is 0 Å². The highest BCUT2D eigenvalue weighted by Gasteiger charge is 2.41. The Morgan fingerprint density at radius 3 is 2.27 bits per heavy atom. The Bertz CT molecular complexity index is 1200. The molecule has 0 aliphatic carbocycles. The van der Waals surface area contributed by atoms with Gasteiger partial charge < -0.3 is 4.74 Å². The normalized spacial score (nSPS) is 14.0. The quantitative estimate of drug-likeness (QED) is 0.371. The number of carbonyl (C=O) groups is 4. The van der Waals surface area contributed by atoms with E-state index >= 15 is 0 Å². The van der Waals surface area contributed by atoms with Crippen molar-refractivity contribution in [3.05, 3.63) is 71.8 Å². The molecule has 0 saturated heterocycles. The molecule has 6 heteroatoms. The summed E-state index contributed by atoms with van der Waals surface area (Å²) in [6, 6.07) is 18.6. The first-order valence-electron chi connectivity index (χ1n) is 9.49. The smallest absolute Gasteiger partial charge is 0.318 e. The third-order valence-corrected chi connectivity index (χ3v) is 5.39. The number of methoxy groups -OCH3 is 1. The molecule has 0 radical (unpaired) electrons. The van der Waals surface area contributed by atoms with Crippen molar-refractivity contribution < 1.29 is 23.9 Å². The summed E-state index contributed by atoms with van der Waals surface area (Å²) in [7, 11) is 1.17. The second-order valence-electron chi connectivity index (χ2n) is 7.17. The lowest BCUT2D eigenvalue weighted by molar-refractivity contribution is -0.149. The minimum atomic E-state index is -1.22. The zero-order valence-electron chi connectivity index (χ0n) is 16.5. The Kier molecular flexibility index (Phi) is 4.91. The maximum Gasteiger partial charge on any atom is 0.318 e. The van der Waals surface area contributed by atoms with E-state index in [1.807, 2.05) is 54.6 Å². The number of Topliss-reactive ketones (excluding diaryl/α,β-unsaturated/α-hetero) is 1. The molecule has 0 fully saturated rings. The number of nitrogens with zero attached hydrogens (tertiary/aromatic N) is 1. The van der Waals surface area contributed by atoms with Gasteiger partial charge in [0.25, 0.3) is 11.8 Å². The maximum absolute atomic E-state index is 13.4. The Labute approximate surface area is 173 Å². The number of imide groups is 1. The molecular weight excluding hydrogens is 382 g/mol. The number of fused-ring (bicyclic) bond motifs is 2. The Balaban J connectivity index is 1.89. The standard InChI is InChI=1S/C24H19NO5/c1-14(26)19(24(29)30-2)13-25-22(27)18-12-16-10-6-7-11-17(16)20(21(18)23(25)28)15-8-4-3-5-9-15/h3-12,19H,13H2,1-2H3. The van der Waals surface area contributed by atoms with Crippen LogP contribution in [-0.4, -0.2) is 42.1 Å². The largest absolute Gasteiger partial charge is 0.468 e. The summed E-state index contributed by atoms with van der Waals surface area (Å²) in [6.45, 7) is 0.891. The van der Waals surface area contributed by atoms with E-state index in [9.17, 15) is 19.2 Å². The fourth-order valence-electron chi connectivity index (χ4n) is 3.88. The topological polar surface area (TPSA) is 80.8 Å². The second-order valence-corrected chi connectivity index (χ2v) is 7.17. The molecule has 1 aliphatic heterocycles. The third-order valence-electron chi connectivity index (χ3n) is 5.39. The van der Waals surface area contributed by atoms with Gasteiger partial charge >= 0.3 is 5.97 Å². The van der Waals surface area contributed by atoms with E-state index in [0.29, 0.717) is 5.56 Å². The van der Waals surface area contributed by atoms with Gasteiger partial charge in [0.1, 0.15) is 11.7 Å². The van der Waals surface area contributed by atoms with Crippen LogP contribution in [0.15, 0.2) is 60.7 Å². The van der Waals surface area contributed by atoms with E-state index in [1.165, 1.54) is 14.0 Å². The van der Waals surface area contributed by atoms with Crippen LogP contribution >= 0.6 is 0 Å². The predicted molar refractivity (Wildman–Crippen MR) is 111 cm³/mol. The molecule has 150 valence electrons. The molecule has 1 unspecified atom stereocenters. The maximum atomic E-state index is 13.4. The molecule has 0 N–H and O–H groups in total. The van der Waals surface area contributed by atoms with Gasteiger partial charge in [-0.1, -0.05) is 54.6 Å². The number of amides is 2. The lowest BCUT2D eigenvalue weighted by atomic mass is 9.90. The van der Waals surface area contributed by atoms with Gasteiger partial charge in [-0.05, 0) is 29.3 Å². The Morgan fingerprint density at radius 1 is 0.933 bits per heavy atom. The van der Waals surface area contributed by atoms with Gasteiger partial charge in [-0.15, -0.1) is 0 Å². The first kappa shape index (κ1) is 19.5. The zero-order valence-corrected chi connectivity index (χ0v) is 16.5. The van der Waals surface area contributed by atoms with Crippen LogP contribution in [0.5, 0.6) is 0 Å². The molecule has 0 saturated carbocycles. The summed E-state index contributed by atoms with van der Waals surface area (Å²) in [5, 5.41) is 1.68. The number of ketones is 1. The molecule has 3 aromatic carbocycles. The summed E-state index contributed by atoms with van der Waals surface area (Å²) in [5.41, 5.74) is 2.04. The van der Waals surface area contributed by atoms with Gasteiger partial charge in [-0.25, -0.2) is 0 Å². The van der Waals surface area contributed by atoms with Crippen LogP contribution in [-0.2, 0) is 14.3 Å². The number of ether oxygens (including phenoxy) is 1. The number of hydrogen-bond acceptors (Lipinski definition) is 5. The minimum absolute atomic E-state index is 0.268. The van der Waals surface area contributed by atoms with Crippen LogP contribution in [0.2, 0.25) is 0 Å². The third kappa shape index (κ3) is 3.06. The molecule has 6 nitrogen and oxygen atoms in total. The second kappa shape index (κ2) is 7.55. The Hall–Kier alpha value is -3.80. The average Bonchev–Trinajstić information content (AvgIpc) is 2.99. The monoisotopic (exact) mass is 401 g/mol. The summed E-state index contributed by atoms with van der Waals surface area (Å²) in [4.78, 5) is 51.4. The Morgan fingerprint density at radius 2 is 1.60 bits per heavy atom. The molecular formula is C24H19NO5. The number of esters is 1. The van der Waals surface area contributed by atoms with E-state index in [4.69, 9.17) is 0 Å². The minimum Gasteiger partial charge on any atom is -0.468 e. The molecule has 1 heterocycles. The first-order chi connectivity index (χ1) is 14.4. The van der Waals surface area contributed by atoms with E-state index in [-0.39, 0.29) is 17.7 Å². The van der Waals surface area contributed by atoms with Crippen molar-refractivity contribution in [2.24, 2.45) is 5.92 Å². The summed E-state index contributed by atoms with van der Waals surface area (Å²) >= 11 is 0. The van der Waals surface area contributed by atoms with Crippen LogP contribution in [0.3, 0.4) is 0 Å². The predicted octanol–water partition coefficient (Wildman–Crippen LogP) is 3.48. The van der Waals surface area contributed by atoms with Crippen LogP contribution in [0, 0.1) is 5.92 Å². The van der Waals surface area contributed by atoms with Crippen LogP contribution in [0.25, 0.3) is 21.9 Å². The lowest BCUT2D eigenvalue weighted by Crippen LogP contribution is -2.40. The number of rotatable bonds is 5. The molecule has 2 amide bonds. The van der Waals surface area contributed by atoms with Gasteiger partial charge in [0.15, 0.2) is 0 Å². The summed E-state index contributed by atoms with van der Waals surface area (Å²) < 4.78 is 4.68. The fraction of sp³-hybridized carbons (Fsp3) is 0.167. The summed E-state index contributed by atoms with van der Waals surface area (Å²) in [6.07, 6.45) is 0. The van der Waals surface area contributed by atoms with Gasteiger partial charge in [0.2, 0.25) is 0 Å². The van der Waals surface area contributed by atoms with Crippen LogP contribution in [0.1, 0.15) is 27.6 Å². The molecule has 0 bridgehead atoms. The van der Waals surface area contributed by atoms with Gasteiger partial charge in [-0.3, -0.25) is 24.1 Å². The molecule has 0 aromatic heterocycles. The van der Waals surface area contributed by atoms with E-state index in [1.54, 1.807) is 6.07 Å². The lowest BCUT2D eigenvalue weighted by Gasteiger charge is -2.19. The molecule has 3 aromatic rings. The highest BCUT2D eigenvalue weighted by Crippen LogP contribution is 2.39. The van der Waals surface area contributed by atoms with E-state index < -0.39 is 29.5 Å². The van der Waals surface area contributed by atoms with Crippen molar-refractivity contribution in [1.82, 2.24) is 4.90 Å². The SMILES string of the molecule is COC(=O)C(CN1C(=O)c2cc3ccccc3c(-c3ccccc3)c2C1=O)C(C)=O. The van der Waals surface area contributed by atoms with E-state index in [2.05, 4.69) is 4.74 Å². The molecule has 4 rings (SSSR count). The van der Waals surface area contributed by atoms with Crippen LogP contribution < -0.4 is 0 Å². The van der Waals surface area contributed by atoms with Crippen molar-refractivity contribution in [1.29, 1.82) is 0 Å².